The lowest BCUT2D eigenvalue weighted by Gasteiger charge is -2.29. The summed E-state index contributed by atoms with van der Waals surface area (Å²) in [7, 11) is -4.74. The molecule has 1 fully saturated rings. The number of ether oxygens (including phenoxy) is 2. The molecule has 5 rings (SSSR count). The first-order valence-corrected chi connectivity index (χ1v) is 15.1. The van der Waals surface area contributed by atoms with Crippen molar-refractivity contribution >= 4 is 39.1 Å². The molecular weight excluding hydrogens is 657 g/mol. The van der Waals surface area contributed by atoms with Crippen LogP contribution < -0.4 is 15.0 Å². The normalized spacial score (nSPS) is 14.1. The van der Waals surface area contributed by atoms with Crippen molar-refractivity contribution in [1.29, 1.82) is 0 Å². The maximum absolute atomic E-state index is 15.3. The molecule has 0 atom stereocenters. The van der Waals surface area contributed by atoms with Crippen molar-refractivity contribution < 1.29 is 48.6 Å². The van der Waals surface area contributed by atoms with Gasteiger partial charge in [0.1, 0.15) is 11.4 Å². The molecule has 2 N–H and O–H groups in total. The Morgan fingerprint density at radius 1 is 1.00 bits per heavy atom. The van der Waals surface area contributed by atoms with E-state index >= 15 is 13.2 Å². The maximum atomic E-state index is 15.3. The summed E-state index contributed by atoms with van der Waals surface area (Å²) in [5.74, 6) is -10.1. The van der Waals surface area contributed by atoms with Gasteiger partial charge in [0.15, 0.2) is 45.9 Å². The molecule has 4 aromatic rings. The molecule has 3 heterocycles. The van der Waals surface area contributed by atoms with Crippen LogP contribution in [0.2, 0.25) is 0 Å². The van der Waals surface area contributed by atoms with E-state index in [9.17, 15) is 26.0 Å². The monoisotopic (exact) mass is 678 g/mol. The van der Waals surface area contributed by atoms with E-state index in [1.165, 1.54) is 7.11 Å². The minimum absolute atomic E-state index is 0.0775. The molecule has 2 aromatic heterocycles. The quantitative estimate of drug-likeness (QED) is 0.134. The minimum Gasteiger partial charge on any atom is -0.490 e. The third-order valence-corrected chi connectivity index (χ3v) is 9.12. The maximum Gasteiger partial charge on any atom is 0.381 e. The van der Waals surface area contributed by atoms with E-state index in [1.807, 2.05) is 4.90 Å². The van der Waals surface area contributed by atoms with Crippen LogP contribution >= 0.6 is 11.8 Å². The molecule has 240 valence electrons. The fraction of sp³-hybridized carbons (Fsp3) is 0.269. The molecule has 0 unspecified atom stereocenters. The molecule has 0 amide bonds. The van der Waals surface area contributed by atoms with E-state index in [-0.39, 0.29) is 33.8 Å². The number of rotatable bonds is 9. The summed E-state index contributed by atoms with van der Waals surface area (Å²) < 4.78 is 137. The topological polar surface area (TPSA) is 122 Å². The van der Waals surface area contributed by atoms with Gasteiger partial charge < -0.3 is 19.7 Å². The van der Waals surface area contributed by atoms with Gasteiger partial charge in [-0.15, -0.1) is 0 Å². The zero-order chi connectivity index (χ0) is 32.7. The molecule has 1 saturated heterocycles. The van der Waals surface area contributed by atoms with Crippen LogP contribution in [-0.2, 0) is 19.8 Å². The van der Waals surface area contributed by atoms with E-state index < -0.39 is 54.6 Å². The molecule has 1 aliphatic rings. The molecule has 0 spiro atoms. The second-order valence-electron chi connectivity index (χ2n) is 9.43. The molecular formula is C26H21F7N6O4S2. The number of morpholine rings is 1. The molecule has 10 nitrogen and oxygen atoms in total. The Kier molecular flexibility index (Phi) is 8.87. The van der Waals surface area contributed by atoms with E-state index in [0.717, 1.165) is 11.8 Å². The van der Waals surface area contributed by atoms with Crippen molar-refractivity contribution in [1.82, 2.24) is 20.2 Å². The number of sulfone groups is 1. The van der Waals surface area contributed by atoms with Gasteiger partial charge in [-0.25, -0.2) is 40.3 Å². The zero-order valence-corrected chi connectivity index (χ0v) is 24.7. The second kappa shape index (κ2) is 12.4. The second-order valence-corrected chi connectivity index (χ2v) is 12.4. The highest BCUT2D eigenvalue weighted by Crippen LogP contribution is 2.44. The first-order chi connectivity index (χ1) is 21.2. The van der Waals surface area contributed by atoms with Gasteiger partial charge in [-0.05, 0) is 36.9 Å². The summed E-state index contributed by atoms with van der Waals surface area (Å²) in [4.78, 5) is 8.92. The van der Waals surface area contributed by atoms with Gasteiger partial charge in [-0.1, -0.05) is 0 Å². The summed E-state index contributed by atoms with van der Waals surface area (Å²) in [6.45, 7) is 3.36. The SMILES string of the molecule is COc1c(Nc2cc(C)[nH]n2)nc(Sc2ccc(S(=O)(=O)C(F)(F)c3c(F)c(F)cc(F)c3F)cc2F)nc1N1CCOCC1. The van der Waals surface area contributed by atoms with Gasteiger partial charge in [0.2, 0.25) is 15.6 Å². The van der Waals surface area contributed by atoms with Crippen molar-refractivity contribution in [3.63, 3.8) is 0 Å². The number of methoxy groups -OCH3 is 1. The molecule has 0 aliphatic carbocycles. The molecule has 0 saturated carbocycles. The van der Waals surface area contributed by atoms with Crippen LogP contribution in [-0.4, -0.2) is 62.0 Å². The van der Waals surface area contributed by atoms with Crippen molar-refractivity contribution in [3.8, 4) is 5.75 Å². The molecule has 0 bridgehead atoms. The van der Waals surface area contributed by atoms with Crippen LogP contribution in [0.4, 0.5) is 48.2 Å². The van der Waals surface area contributed by atoms with Gasteiger partial charge in [0, 0.05) is 30.9 Å². The number of anilines is 3. The number of hydrogen-bond donors (Lipinski definition) is 2. The van der Waals surface area contributed by atoms with E-state index in [0.29, 0.717) is 55.8 Å². The van der Waals surface area contributed by atoms with Gasteiger partial charge in [0.25, 0.3) is 0 Å². The number of aromatic nitrogens is 4. The van der Waals surface area contributed by atoms with Crippen molar-refractivity contribution in [2.75, 3.05) is 43.6 Å². The molecule has 1 aliphatic heterocycles. The highest BCUT2D eigenvalue weighted by Gasteiger charge is 2.53. The highest BCUT2D eigenvalue weighted by atomic mass is 32.2. The van der Waals surface area contributed by atoms with Gasteiger partial charge in [0.05, 0.1) is 30.1 Å². The van der Waals surface area contributed by atoms with Gasteiger partial charge in [-0.3, -0.25) is 5.10 Å². The van der Waals surface area contributed by atoms with Crippen LogP contribution in [0.3, 0.4) is 0 Å². The lowest BCUT2D eigenvalue weighted by molar-refractivity contribution is 0.0794. The number of alkyl halides is 2. The standard InChI is InChI=1S/C26H21F7N6O4S2/c1-12-9-18(38-37-12)34-23-22(42-2)24(39-5-7-43-8-6-39)36-25(35-23)44-17-4-3-13(10-14(17)27)45(40,41)26(32,33)19-20(30)15(28)11-16(29)21(19)31/h3-4,9-11H,5-8H2,1-2H3,(H2,34,35,36,37,38). The number of H-pyrrole nitrogens is 1. The Hall–Kier alpha value is -4.10. The molecule has 2 aromatic carbocycles. The number of aromatic amines is 1. The van der Waals surface area contributed by atoms with Crippen molar-refractivity contribution in [2.45, 2.75) is 27.1 Å². The Morgan fingerprint density at radius 2 is 1.67 bits per heavy atom. The third-order valence-electron chi connectivity index (χ3n) is 6.45. The summed E-state index contributed by atoms with van der Waals surface area (Å²) in [6, 6.07) is 2.83. The minimum atomic E-state index is -6.13. The lowest BCUT2D eigenvalue weighted by atomic mass is 10.2. The predicted molar refractivity (Wildman–Crippen MR) is 146 cm³/mol. The fourth-order valence-corrected chi connectivity index (χ4v) is 6.28. The van der Waals surface area contributed by atoms with Gasteiger partial charge in [-0.2, -0.15) is 13.9 Å². The summed E-state index contributed by atoms with van der Waals surface area (Å²) in [6.07, 6.45) is 0. The number of hydrogen-bond acceptors (Lipinski definition) is 10. The largest absolute Gasteiger partial charge is 0.490 e. The van der Waals surface area contributed by atoms with E-state index in [2.05, 4.69) is 25.5 Å². The van der Waals surface area contributed by atoms with Crippen LogP contribution in [0.15, 0.2) is 45.3 Å². The van der Waals surface area contributed by atoms with Crippen molar-refractivity contribution in [2.24, 2.45) is 0 Å². The highest BCUT2D eigenvalue weighted by molar-refractivity contribution is 7.99. The molecule has 45 heavy (non-hydrogen) atoms. The summed E-state index contributed by atoms with van der Waals surface area (Å²) in [5.41, 5.74) is -1.95. The van der Waals surface area contributed by atoms with E-state index in [4.69, 9.17) is 9.47 Å². The number of halogens is 7. The first-order valence-electron chi connectivity index (χ1n) is 12.8. The Bertz CT molecular complexity index is 1840. The van der Waals surface area contributed by atoms with Crippen molar-refractivity contribution in [3.05, 3.63) is 70.7 Å². The smallest absolute Gasteiger partial charge is 0.381 e. The van der Waals surface area contributed by atoms with Crippen LogP contribution in [0.1, 0.15) is 11.3 Å². The number of benzene rings is 2. The Labute approximate surface area is 254 Å². The molecule has 0 radical (unpaired) electrons. The Balaban J connectivity index is 1.52. The summed E-state index contributed by atoms with van der Waals surface area (Å²) in [5, 5.41) is 4.23. The van der Waals surface area contributed by atoms with Crippen LogP contribution in [0.25, 0.3) is 0 Å². The average molecular weight is 679 g/mol. The van der Waals surface area contributed by atoms with Crippen LogP contribution in [0.5, 0.6) is 5.75 Å². The number of nitrogens with one attached hydrogen (secondary N) is 2. The number of aryl methyl sites for hydroxylation is 1. The first kappa shape index (κ1) is 32.3. The van der Waals surface area contributed by atoms with Crippen LogP contribution in [0, 0.1) is 36.0 Å². The third kappa shape index (κ3) is 6.10. The fourth-order valence-electron chi connectivity index (χ4n) is 4.27. The zero-order valence-electron chi connectivity index (χ0n) is 23.1. The Morgan fingerprint density at radius 3 is 2.24 bits per heavy atom. The van der Waals surface area contributed by atoms with E-state index in [1.54, 1.807) is 13.0 Å². The van der Waals surface area contributed by atoms with Gasteiger partial charge >= 0.3 is 5.25 Å². The number of nitrogens with zero attached hydrogens (tertiary/aromatic N) is 4. The summed E-state index contributed by atoms with van der Waals surface area (Å²) >= 11 is 0.593. The average Bonchev–Trinajstić information content (AvgIpc) is 3.41. The lowest BCUT2D eigenvalue weighted by Crippen LogP contribution is -2.37. The predicted octanol–water partition coefficient (Wildman–Crippen LogP) is 5.47. The molecule has 19 heteroatoms.